The molecule has 2 N–H and O–H groups in total. The van der Waals surface area contributed by atoms with Crippen LogP contribution in [0, 0.1) is 6.92 Å². The summed E-state index contributed by atoms with van der Waals surface area (Å²) in [5.41, 5.74) is 4.62. The van der Waals surface area contributed by atoms with Gasteiger partial charge in [-0.1, -0.05) is 54.6 Å². The van der Waals surface area contributed by atoms with E-state index in [-0.39, 0.29) is 18.4 Å². The average Bonchev–Trinajstić information content (AvgIpc) is 3.06. The number of hydrogen-bond donors (Lipinski definition) is 2. The number of fused-ring (bicyclic) bond motifs is 1. The second kappa shape index (κ2) is 10.6. The number of aryl methyl sites for hydroxylation is 1. The predicted molar refractivity (Wildman–Crippen MR) is 142 cm³/mol. The Labute approximate surface area is 211 Å². The SMILES string of the molecule is Cc1ccc2c(c1)N=C(c1ccccc1O)N=C(N1CCC(NC(=O)OCC3=CC=CCC=C3)C1)C2. The minimum Gasteiger partial charge on any atom is -0.507 e. The Bertz CT molecular complexity index is 1310. The maximum Gasteiger partial charge on any atom is 0.407 e. The number of aliphatic imine (C=N–C) groups is 2. The Morgan fingerprint density at radius 3 is 2.97 bits per heavy atom. The third-order valence-corrected chi connectivity index (χ3v) is 6.49. The molecule has 184 valence electrons. The van der Waals surface area contributed by atoms with Gasteiger partial charge in [-0.15, -0.1) is 0 Å². The van der Waals surface area contributed by atoms with Crippen LogP contribution in [-0.4, -0.2) is 53.5 Å². The van der Waals surface area contributed by atoms with Crippen LogP contribution >= 0.6 is 0 Å². The Morgan fingerprint density at radius 1 is 1.19 bits per heavy atom. The number of phenols is 1. The lowest BCUT2D eigenvalue weighted by Crippen LogP contribution is -2.39. The molecule has 0 saturated carbocycles. The second-order valence-electron chi connectivity index (χ2n) is 9.25. The number of carbonyl (C=O) groups excluding carboxylic acids is 1. The Kier molecular flexibility index (Phi) is 6.98. The van der Waals surface area contributed by atoms with E-state index in [0.717, 1.165) is 47.6 Å². The minimum absolute atomic E-state index is 0.0370. The molecule has 3 aliphatic rings. The Morgan fingerprint density at radius 2 is 2.08 bits per heavy atom. The van der Waals surface area contributed by atoms with Crippen molar-refractivity contribution in [3.63, 3.8) is 0 Å². The number of ether oxygens (including phenoxy) is 1. The zero-order valence-corrected chi connectivity index (χ0v) is 20.4. The van der Waals surface area contributed by atoms with Crippen LogP contribution in [0.15, 0.2) is 88.4 Å². The van der Waals surface area contributed by atoms with E-state index < -0.39 is 6.09 Å². The van der Waals surface area contributed by atoms with Crippen LogP contribution in [-0.2, 0) is 11.2 Å². The second-order valence-corrected chi connectivity index (χ2v) is 9.25. The molecule has 0 radical (unpaired) electrons. The largest absolute Gasteiger partial charge is 0.507 e. The van der Waals surface area contributed by atoms with Gasteiger partial charge in [0.25, 0.3) is 0 Å². The predicted octanol–water partition coefficient (Wildman–Crippen LogP) is 4.98. The number of aromatic hydroxyl groups is 1. The maximum atomic E-state index is 12.4. The third-order valence-electron chi connectivity index (χ3n) is 6.49. The van der Waals surface area contributed by atoms with E-state index in [2.05, 4.69) is 28.4 Å². The first-order chi connectivity index (χ1) is 17.5. The highest BCUT2D eigenvalue weighted by Crippen LogP contribution is 2.29. The molecule has 1 amide bonds. The molecule has 1 aliphatic carbocycles. The van der Waals surface area contributed by atoms with Crippen molar-refractivity contribution in [3.8, 4) is 5.75 Å². The van der Waals surface area contributed by atoms with Crippen LogP contribution in [0.3, 0.4) is 0 Å². The first-order valence-corrected chi connectivity index (χ1v) is 12.3. The molecule has 7 nitrogen and oxygen atoms in total. The van der Waals surface area contributed by atoms with Crippen LogP contribution in [0.1, 0.15) is 29.5 Å². The number of nitrogens with zero attached hydrogens (tertiary/aromatic N) is 3. The van der Waals surface area contributed by atoms with Crippen molar-refractivity contribution in [1.82, 2.24) is 10.2 Å². The number of hydrogen-bond acceptors (Lipinski definition) is 6. The highest BCUT2D eigenvalue weighted by atomic mass is 16.5. The van der Waals surface area contributed by atoms with Crippen molar-refractivity contribution in [1.29, 1.82) is 0 Å². The van der Waals surface area contributed by atoms with Crippen LogP contribution in [0.5, 0.6) is 5.75 Å². The van der Waals surface area contributed by atoms with Crippen molar-refractivity contribution in [2.24, 2.45) is 9.98 Å². The molecule has 5 rings (SSSR count). The Hall–Kier alpha value is -4.13. The summed E-state index contributed by atoms with van der Waals surface area (Å²) in [6, 6.07) is 13.3. The number of amides is 1. The first kappa shape index (κ1) is 23.6. The average molecular weight is 483 g/mol. The topological polar surface area (TPSA) is 86.5 Å². The van der Waals surface area contributed by atoms with Gasteiger partial charge in [0.15, 0.2) is 5.84 Å². The summed E-state index contributed by atoms with van der Waals surface area (Å²) < 4.78 is 5.45. The van der Waals surface area contributed by atoms with Gasteiger partial charge in [-0.05, 0) is 54.7 Å². The van der Waals surface area contributed by atoms with E-state index in [1.54, 1.807) is 12.1 Å². The van der Waals surface area contributed by atoms with Crippen molar-refractivity contribution < 1.29 is 14.6 Å². The van der Waals surface area contributed by atoms with E-state index >= 15 is 0 Å². The molecule has 36 heavy (non-hydrogen) atoms. The molecule has 7 heteroatoms. The van der Waals surface area contributed by atoms with Crippen LogP contribution < -0.4 is 5.32 Å². The molecule has 0 spiro atoms. The zero-order chi connectivity index (χ0) is 24.9. The summed E-state index contributed by atoms with van der Waals surface area (Å²) in [4.78, 5) is 24.4. The van der Waals surface area contributed by atoms with Gasteiger partial charge >= 0.3 is 6.09 Å². The van der Waals surface area contributed by atoms with E-state index in [1.165, 1.54) is 0 Å². The van der Waals surface area contributed by atoms with Crippen molar-refractivity contribution in [2.45, 2.75) is 32.2 Å². The standard InChI is InChI=1S/C29H30N4O3/c1-20-12-13-22-17-27(32-28(31-25(22)16-20)24-10-6-7-11-26(24)34)33-15-14-23(18-33)30-29(35)36-19-21-8-4-2-3-5-9-21/h2,4-13,16,23,34H,3,14-15,17-19H2,1H3,(H,30,35). The number of benzene rings is 2. The smallest absolute Gasteiger partial charge is 0.407 e. The quantitative estimate of drug-likeness (QED) is 0.644. The lowest BCUT2D eigenvalue weighted by Gasteiger charge is -2.21. The van der Waals surface area contributed by atoms with Gasteiger partial charge in [0, 0.05) is 19.5 Å². The van der Waals surface area contributed by atoms with E-state index in [1.807, 2.05) is 49.4 Å². The fourth-order valence-electron chi connectivity index (χ4n) is 4.55. The number of phenolic OH excluding ortho intramolecular Hbond substituents is 1. The summed E-state index contributed by atoms with van der Waals surface area (Å²) in [5, 5.41) is 13.5. The number of nitrogens with one attached hydrogen (secondary N) is 1. The van der Waals surface area contributed by atoms with E-state index in [4.69, 9.17) is 14.7 Å². The number of para-hydroxylation sites is 1. The number of rotatable bonds is 4. The van der Waals surface area contributed by atoms with E-state index in [9.17, 15) is 9.90 Å². The fourth-order valence-corrected chi connectivity index (χ4v) is 4.55. The molecule has 2 aromatic rings. The molecule has 1 saturated heterocycles. The lowest BCUT2D eigenvalue weighted by molar-refractivity contribution is 0.152. The van der Waals surface area contributed by atoms with Crippen molar-refractivity contribution in [2.75, 3.05) is 19.7 Å². The minimum atomic E-state index is -0.413. The van der Waals surface area contributed by atoms with Crippen LogP contribution in [0.4, 0.5) is 10.5 Å². The third kappa shape index (κ3) is 5.57. The monoisotopic (exact) mass is 482 g/mol. The normalized spacial score (nSPS) is 19.0. The van der Waals surface area contributed by atoms with Crippen LogP contribution in [0.2, 0.25) is 0 Å². The summed E-state index contributed by atoms with van der Waals surface area (Å²) >= 11 is 0. The molecule has 1 fully saturated rings. The summed E-state index contributed by atoms with van der Waals surface area (Å²) in [6.07, 6.45) is 11.9. The molecule has 2 aromatic carbocycles. The van der Waals surface area contributed by atoms with Gasteiger partial charge in [0.05, 0.1) is 17.3 Å². The van der Waals surface area contributed by atoms with Crippen LogP contribution in [0.25, 0.3) is 0 Å². The molecule has 1 unspecified atom stereocenters. The molecule has 1 atom stereocenters. The molecular weight excluding hydrogens is 452 g/mol. The van der Waals surface area contributed by atoms with E-state index in [0.29, 0.717) is 24.4 Å². The van der Waals surface area contributed by atoms with Crippen molar-refractivity contribution in [3.05, 3.63) is 95.1 Å². The maximum absolute atomic E-state index is 12.4. The summed E-state index contributed by atoms with van der Waals surface area (Å²) in [7, 11) is 0. The summed E-state index contributed by atoms with van der Waals surface area (Å²) in [5.74, 6) is 1.51. The molecule has 0 aromatic heterocycles. The number of alkyl carbamates (subject to hydrolysis) is 1. The Balaban J connectivity index is 1.29. The summed E-state index contributed by atoms with van der Waals surface area (Å²) in [6.45, 7) is 3.68. The molecule has 2 aliphatic heterocycles. The number of likely N-dealkylation sites (tertiary alicyclic amines) is 1. The van der Waals surface area contributed by atoms with Gasteiger partial charge in [-0.3, -0.25) is 0 Å². The van der Waals surface area contributed by atoms with Gasteiger partial charge < -0.3 is 20.1 Å². The van der Waals surface area contributed by atoms with Gasteiger partial charge in [0.1, 0.15) is 18.2 Å². The van der Waals surface area contributed by atoms with Gasteiger partial charge in [0.2, 0.25) is 0 Å². The molecular formula is C29H30N4O3. The lowest BCUT2D eigenvalue weighted by atomic mass is 10.1. The first-order valence-electron chi connectivity index (χ1n) is 12.3. The number of carbonyl (C=O) groups is 1. The van der Waals surface area contributed by atoms with Crippen molar-refractivity contribution >= 4 is 23.5 Å². The number of allylic oxidation sites excluding steroid dienone is 4. The fraction of sp³-hybridized carbons (Fsp3) is 0.276. The van der Waals surface area contributed by atoms with Gasteiger partial charge in [-0.25, -0.2) is 14.8 Å². The van der Waals surface area contributed by atoms with Gasteiger partial charge in [-0.2, -0.15) is 0 Å². The highest BCUT2D eigenvalue weighted by molar-refractivity contribution is 6.10. The molecule has 0 bridgehead atoms. The highest BCUT2D eigenvalue weighted by Gasteiger charge is 2.28. The zero-order valence-electron chi connectivity index (χ0n) is 20.4. The molecule has 2 heterocycles. The number of amidine groups is 2.